The van der Waals surface area contributed by atoms with Crippen LogP contribution in [0.2, 0.25) is 0 Å². The quantitative estimate of drug-likeness (QED) is 0.704. The van der Waals surface area contributed by atoms with Crippen LogP contribution in [-0.4, -0.2) is 44.4 Å². The third kappa shape index (κ3) is 2.76. The maximum atomic E-state index is 14.9. The van der Waals surface area contributed by atoms with Gasteiger partial charge in [-0.25, -0.2) is 19.3 Å². The van der Waals surface area contributed by atoms with Gasteiger partial charge >= 0.3 is 0 Å². The Balaban J connectivity index is 1.32. The van der Waals surface area contributed by atoms with E-state index in [1.165, 1.54) is 6.07 Å². The van der Waals surface area contributed by atoms with E-state index in [9.17, 15) is 9.18 Å². The van der Waals surface area contributed by atoms with E-state index in [2.05, 4.69) is 20.3 Å². The SMILES string of the molecule is Cc1ccc(NC2CC34CC3CN(C(=O)c3c(F)cccc3-c3ncccn3)C24)nc1. The summed E-state index contributed by atoms with van der Waals surface area (Å²) in [6.45, 7) is 2.68. The Kier molecular flexibility index (Phi) is 3.91. The van der Waals surface area contributed by atoms with Crippen molar-refractivity contribution in [3.8, 4) is 11.4 Å². The van der Waals surface area contributed by atoms with Gasteiger partial charge in [0.25, 0.3) is 5.91 Å². The van der Waals surface area contributed by atoms with Gasteiger partial charge in [-0.15, -0.1) is 0 Å². The normalized spacial score (nSPS) is 27.8. The molecule has 1 aliphatic heterocycles. The molecule has 2 aromatic heterocycles. The molecule has 6 rings (SSSR count). The number of halogens is 1. The molecule has 6 nitrogen and oxygen atoms in total. The van der Waals surface area contributed by atoms with Gasteiger partial charge < -0.3 is 10.2 Å². The van der Waals surface area contributed by atoms with Crippen LogP contribution in [0.4, 0.5) is 10.2 Å². The molecule has 1 aromatic carbocycles. The monoisotopic (exact) mass is 415 g/mol. The largest absolute Gasteiger partial charge is 0.365 e. The summed E-state index contributed by atoms with van der Waals surface area (Å²) in [7, 11) is 0. The van der Waals surface area contributed by atoms with Crippen LogP contribution in [0.3, 0.4) is 0 Å². The third-order valence-corrected chi connectivity index (χ3v) is 7.14. The van der Waals surface area contributed by atoms with Gasteiger partial charge in [-0.1, -0.05) is 18.2 Å². The third-order valence-electron chi connectivity index (χ3n) is 7.14. The van der Waals surface area contributed by atoms with Crippen molar-refractivity contribution < 1.29 is 9.18 Å². The molecule has 1 spiro atoms. The first kappa shape index (κ1) is 18.4. The van der Waals surface area contributed by atoms with E-state index in [1.807, 2.05) is 30.2 Å². The van der Waals surface area contributed by atoms with Crippen molar-refractivity contribution in [3.63, 3.8) is 0 Å². The van der Waals surface area contributed by atoms with Crippen molar-refractivity contribution in [2.24, 2.45) is 11.3 Å². The minimum atomic E-state index is -0.534. The molecule has 4 atom stereocenters. The number of piperidine rings is 1. The summed E-state index contributed by atoms with van der Waals surface area (Å²) in [4.78, 5) is 28.4. The Morgan fingerprint density at radius 2 is 1.97 bits per heavy atom. The number of anilines is 1. The summed E-state index contributed by atoms with van der Waals surface area (Å²) in [5.41, 5.74) is 1.78. The van der Waals surface area contributed by atoms with Crippen LogP contribution in [0, 0.1) is 24.1 Å². The molecule has 156 valence electrons. The lowest BCUT2D eigenvalue weighted by molar-refractivity contribution is 0.0468. The number of pyridine rings is 1. The number of amides is 1. The molecule has 2 saturated carbocycles. The van der Waals surface area contributed by atoms with Crippen LogP contribution in [-0.2, 0) is 0 Å². The summed E-state index contributed by atoms with van der Waals surface area (Å²) < 4.78 is 14.9. The van der Waals surface area contributed by atoms with Gasteiger partial charge in [0.15, 0.2) is 5.82 Å². The number of benzene rings is 1. The van der Waals surface area contributed by atoms with Crippen LogP contribution in [0.25, 0.3) is 11.4 Å². The molecule has 4 unspecified atom stereocenters. The molecule has 31 heavy (non-hydrogen) atoms. The fourth-order valence-corrected chi connectivity index (χ4v) is 5.61. The molecule has 2 aliphatic carbocycles. The van der Waals surface area contributed by atoms with Crippen molar-refractivity contribution in [2.45, 2.75) is 31.8 Å². The van der Waals surface area contributed by atoms with Crippen molar-refractivity contribution in [2.75, 3.05) is 11.9 Å². The van der Waals surface area contributed by atoms with Crippen LogP contribution in [0.5, 0.6) is 0 Å². The first-order valence-corrected chi connectivity index (χ1v) is 10.6. The Hall–Kier alpha value is -3.35. The van der Waals surface area contributed by atoms with Gasteiger partial charge in [0, 0.05) is 36.7 Å². The van der Waals surface area contributed by atoms with E-state index in [1.54, 1.807) is 30.6 Å². The average Bonchev–Trinajstić information content (AvgIpc) is 3.43. The second-order valence-electron chi connectivity index (χ2n) is 8.95. The Labute approximate surface area is 179 Å². The zero-order valence-electron chi connectivity index (χ0n) is 17.1. The molecule has 1 amide bonds. The molecular weight excluding hydrogens is 393 g/mol. The zero-order chi connectivity index (χ0) is 21.2. The first-order chi connectivity index (χ1) is 15.1. The highest BCUT2D eigenvalue weighted by Gasteiger charge is 2.75. The highest BCUT2D eigenvalue weighted by molar-refractivity contribution is 6.01. The second kappa shape index (κ2) is 6.57. The lowest BCUT2D eigenvalue weighted by Crippen LogP contribution is -2.60. The van der Waals surface area contributed by atoms with Gasteiger partial charge in [-0.2, -0.15) is 0 Å². The van der Waals surface area contributed by atoms with Gasteiger partial charge in [-0.3, -0.25) is 4.79 Å². The number of carbonyl (C=O) groups is 1. The number of carbonyl (C=O) groups excluding carboxylic acids is 1. The van der Waals surface area contributed by atoms with Crippen molar-refractivity contribution >= 4 is 11.7 Å². The van der Waals surface area contributed by atoms with Gasteiger partial charge in [0.2, 0.25) is 0 Å². The first-order valence-electron chi connectivity index (χ1n) is 10.6. The molecule has 3 aliphatic rings. The number of nitrogens with one attached hydrogen (secondary N) is 1. The zero-order valence-corrected chi connectivity index (χ0v) is 17.1. The molecule has 0 radical (unpaired) electrons. The van der Waals surface area contributed by atoms with E-state index >= 15 is 0 Å². The Morgan fingerprint density at radius 1 is 1.13 bits per heavy atom. The van der Waals surface area contributed by atoms with Crippen molar-refractivity contribution in [3.05, 3.63) is 71.9 Å². The van der Waals surface area contributed by atoms with Crippen molar-refractivity contribution in [1.82, 2.24) is 19.9 Å². The number of aryl methyl sites for hydroxylation is 1. The second-order valence-corrected chi connectivity index (χ2v) is 8.95. The van der Waals surface area contributed by atoms with E-state index in [4.69, 9.17) is 0 Å². The summed E-state index contributed by atoms with van der Waals surface area (Å²) in [5, 5.41) is 3.50. The number of rotatable bonds is 4. The van der Waals surface area contributed by atoms with Gasteiger partial charge in [-0.05, 0) is 54.9 Å². The van der Waals surface area contributed by atoms with E-state index in [-0.39, 0.29) is 29.0 Å². The lowest BCUT2D eigenvalue weighted by atomic mass is 9.71. The summed E-state index contributed by atoms with van der Waals surface area (Å²) in [6.07, 6.45) is 7.20. The summed E-state index contributed by atoms with van der Waals surface area (Å²) in [5.74, 6) is 0.866. The number of hydrogen-bond donors (Lipinski definition) is 1. The summed E-state index contributed by atoms with van der Waals surface area (Å²) >= 11 is 0. The molecule has 1 saturated heterocycles. The standard InChI is InChI=1S/C24H22FN5O/c1-14-6-7-19(28-12-14)29-18-11-24-10-15(24)13-30(21(18)24)23(31)20-16(4-2-5-17(20)25)22-26-8-3-9-27-22/h2-9,12,15,18,21H,10-11,13H2,1H3,(H,28,29). The predicted molar refractivity (Wildman–Crippen MR) is 114 cm³/mol. The molecule has 1 N–H and O–H groups in total. The number of likely N-dealkylation sites (tertiary alicyclic amines) is 1. The summed E-state index contributed by atoms with van der Waals surface area (Å²) in [6, 6.07) is 10.5. The molecular formula is C24H22FN5O. The topological polar surface area (TPSA) is 71.0 Å². The molecule has 3 heterocycles. The smallest absolute Gasteiger partial charge is 0.257 e. The maximum Gasteiger partial charge on any atom is 0.257 e. The molecule has 0 bridgehead atoms. The molecule has 3 fully saturated rings. The van der Waals surface area contributed by atoms with E-state index < -0.39 is 5.82 Å². The number of aromatic nitrogens is 3. The van der Waals surface area contributed by atoms with Crippen LogP contribution in [0.1, 0.15) is 28.8 Å². The van der Waals surface area contributed by atoms with Gasteiger partial charge in [0.1, 0.15) is 11.6 Å². The number of nitrogens with zero attached hydrogens (tertiary/aromatic N) is 4. The number of hydrogen-bond acceptors (Lipinski definition) is 5. The Morgan fingerprint density at radius 3 is 2.74 bits per heavy atom. The van der Waals surface area contributed by atoms with Crippen LogP contribution >= 0.6 is 0 Å². The highest BCUT2D eigenvalue weighted by Crippen LogP contribution is 2.71. The van der Waals surface area contributed by atoms with Crippen LogP contribution in [0.15, 0.2) is 55.0 Å². The molecule has 7 heteroatoms. The average molecular weight is 415 g/mol. The molecule has 3 aromatic rings. The Bertz CT molecular complexity index is 1170. The minimum Gasteiger partial charge on any atom is -0.365 e. The fourth-order valence-electron chi connectivity index (χ4n) is 5.61. The highest BCUT2D eigenvalue weighted by atomic mass is 19.1. The minimum absolute atomic E-state index is 0.0530. The van der Waals surface area contributed by atoms with E-state index in [0.717, 1.165) is 24.2 Å². The fraction of sp³-hybridized carbons (Fsp3) is 0.333. The predicted octanol–water partition coefficient (Wildman–Crippen LogP) is 3.70. The van der Waals surface area contributed by atoms with E-state index in [0.29, 0.717) is 23.9 Å². The lowest BCUT2D eigenvalue weighted by Gasteiger charge is -2.48. The van der Waals surface area contributed by atoms with Crippen molar-refractivity contribution in [1.29, 1.82) is 0 Å². The van der Waals surface area contributed by atoms with Crippen LogP contribution < -0.4 is 5.32 Å². The maximum absolute atomic E-state index is 14.9. The van der Waals surface area contributed by atoms with Gasteiger partial charge in [0.05, 0.1) is 11.6 Å².